The predicted molar refractivity (Wildman–Crippen MR) is 138 cm³/mol. The average Bonchev–Trinajstić information content (AvgIpc) is 2.85. The molecule has 36 heavy (non-hydrogen) atoms. The Morgan fingerprint density at radius 1 is 1.08 bits per heavy atom. The van der Waals surface area contributed by atoms with Crippen LogP contribution in [0.15, 0.2) is 58.7 Å². The number of fused-ring (bicyclic) bond motifs is 1. The molecule has 1 aliphatic rings. The van der Waals surface area contributed by atoms with E-state index < -0.39 is 15.3 Å². The summed E-state index contributed by atoms with van der Waals surface area (Å²) in [5.41, 5.74) is 3.10. The van der Waals surface area contributed by atoms with Gasteiger partial charge in [-0.05, 0) is 74.6 Å². The molecule has 186 valence electrons. The number of nitriles is 1. The lowest BCUT2D eigenvalue weighted by Gasteiger charge is -2.17. The summed E-state index contributed by atoms with van der Waals surface area (Å²) < 4.78 is 27.4. The topological polar surface area (TPSA) is 138 Å². The molecule has 0 bridgehead atoms. The lowest BCUT2D eigenvalue weighted by Crippen LogP contribution is -2.23. The molecular formula is C25H26N6O3S2. The number of rotatable bonds is 7. The van der Waals surface area contributed by atoms with E-state index in [0.717, 1.165) is 36.9 Å². The van der Waals surface area contributed by atoms with Crippen molar-refractivity contribution in [3.05, 3.63) is 65.6 Å². The largest absolute Gasteiger partial charge is 0.325 e. The normalized spacial score (nSPS) is 14.4. The smallest absolute Gasteiger partial charge is 0.264 e. The number of carbonyl (C=O) groups is 1. The van der Waals surface area contributed by atoms with Crippen LogP contribution in [0, 0.1) is 11.3 Å². The van der Waals surface area contributed by atoms with E-state index in [9.17, 15) is 18.5 Å². The molecule has 3 aromatic rings. The number of benzene rings is 1. The molecular weight excluding hydrogens is 496 g/mol. The summed E-state index contributed by atoms with van der Waals surface area (Å²) in [4.78, 5) is 25.3. The molecule has 0 saturated heterocycles. The first-order valence-electron chi connectivity index (χ1n) is 11.7. The Hall–Kier alpha value is -3.49. The van der Waals surface area contributed by atoms with Crippen molar-refractivity contribution in [1.82, 2.24) is 15.0 Å². The van der Waals surface area contributed by atoms with Crippen molar-refractivity contribution in [2.45, 2.75) is 60.6 Å². The van der Waals surface area contributed by atoms with E-state index in [1.807, 2.05) is 6.07 Å². The van der Waals surface area contributed by atoms with Gasteiger partial charge in [0.2, 0.25) is 11.9 Å². The SMILES string of the molecule is CC(Sc1nc2c(cc1C#N)CCCCCC2)C(=O)Nc1ccc(S(=O)(=O)Nc2ncccn2)cc1. The molecule has 2 N–H and O–H groups in total. The number of anilines is 2. The van der Waals surface area contributed by atoms with Gasteiger partial charge >= 0.3 is 0 Å². The molecule has 0 saturated carbocycles. The first-order chi connectivity index (χ1) is 17.4. The number of thioether (sulfide) groups is 1. The maximum Gasteiger partial charge on any atom is 0.264 e. The van der Waals surface area contributed by atoms with E-state index in [2.05, 4.69) is 26.1 Å². The van der Waals surface area contributed by atoms with Crippen molar-refractivity contribution < 1.29 is 13.2 Å². The number of sulfonamides is 1. The number of aryl methyl sites for hydroxylation is 2. The Morgan fingerprint density at radius 3 is 2.47 bits per heavy atom. The minimum Gasteiger partial charge on any atom is -0.325 e. The quantitative estimate of drug-likeness (QED) is 0.438. The molecule has 1 aromatic carbocycles. The highest BCUT2D eigenvalue weighted by Gasteiger charge is 2.21. The molecule has 9 nitrogen and oxygen atoms in total. The van der Waals surface area contributed by atoms with Gasteiger partial charge in [0.15, 0.2) is 0 Å². The second-order valence-corrected chi connectivity index (χ2v) is 11.4. The highest BCUT2D eigenvalue weighted by Crippen LogP contribution is 2.30. The van der Waals surface area contributed by atoms with Gasteiger partial charge in [0.1, 0.15) is 11.1 Å². The molecule has 11 heteroatoms. The number of hydrogen-bond acceptors (Lipinski definition) is 8. The number of hydrogen-bond donors (Lipinski definition) is 2. The zero-order valence-corrected chi connectivity index (χ0v) is 21.4. The zero-order valence-electron chi connectivity index (χ0n) is 19.8. The molecule has 0 radical (unpaired) electrons. The number of pyridine rings is 1. The van der Waals surface area contributed by atoms with Gasteiger partial charge in [0.05, 0.1) is 15.7 Å². The van der Waals surface area contributed by atoms with Gasteiger partial charge in [-0.25, -0.2) is 28.1 Å². The van der Waals surface area contributed by atoms with Gasteiger partial charge < -0.3 is 5.32 Å². The lowest BCUT2D eigenvalue weighted by molar-refractivity contribution is -0.115. The predicted octanol–water partition coefficient (Wildman–Crippen LogP) is 4.32. The fourth-order valence-corrected chi connectivity index (χ4v) is 5.70. The fourth-order valence-electron chi connectivity index (χ4n) is 3.85. The maximum atomic E-state index is 12.8. The second-order valence-electron chi connectivity index (χ2n) is 8.42. The van der Waals surface area contributed by atoms with Gasteiger partial charge in [0.25, 0.3) is 10.0 Å². The summed E-state index contributed by atoms with van der Waals surface area (Å²) in [6, 6.07) is 11.5. The number of amides is 1. The number of nitrogens with zero attached hydrogens (tertiary/aromatic N) is 4. The summed E-state index contributed by atoms with van der Waals surface area (Å²) in [6.45, 7) is 1.75. The van der Waals surface area contributed by atoms with Crippen LogP contribution in [0.2, 0.25) is 0 Å². The Balaban J connectivity index is 1.42. The minimum atomic E-state index is -3.87. The summed E-state index contributed by atoms with van der Waals surface area (Å²) in [5.74, 6) is -0.303. The fraction of sp³-hybridized carbons (Fsp3) is 0.320. The monoisotopic (exact) mass is 522 g/mol. The third-order valence-corrected chi connectivity index (χ3v) is 8.21. The van der Waals surface area contributed by atoms with Crippen molar-refractivity contribution >= 4 is 39.3 Å². The molecule has 0 spiro atoms. The molecule has 1 aliphatic carbocycles. The van der Waals surface area contributed by atoms with Gasteiger partial charge in [-0.15, -0.1) is 0 Å². The minimum absolute atomic E-state index is 0.0130. The van der Waals surface area contributed by atoms with Crippen molar-refractivity contribution in [3.8, 4) is 6.07 Å². The van der Waals surface area contributed by atoms with E-state index in [1.54, 1.807) is 13.0 Å². The molecule has 1 atom stereocenters. The van der Waals surface area contributed by atoms with E-state index in [1.165, 1.54) is 61.3 Å². The molecule has 4 rings (SSSR count). The highest BCUT2D eigenvalue weighted by atomic mass is 32.2. The van der Waals surface area contributed by atoms with Crippen LogP contribution in [0.1, 0.15) is 49.4 Å². The first kappa shape index (κ1) is 25.6. The average molecular weight is 523 g/mol. The summed E-state index contributed by atoms with van der Waals surface area (Å²) in [5, 5.41) is 12.5. The molecule has 0 fully saturated rings. The van der Waals surface area contributed by atoms with Crippen LogP contribution in [-0.2, 0) is 27.7 Å². The highest BCUT2D eigenvalue weighted by molar-refractivity contribution is 8.00. The molecule has 2 aromatic heterocycles. The molecule has 0 aliphatic heterocycles. The van der Waals surface area contributed by atoms with E-state index in [-0.39, 0.29) is 16.8 Å². The Bertz CT molecular complexity index is 1370. The number of nitrogens with one attached hydrogen (secondary N) is 2. The van der Waals surface area contributed by atoms with Crippen LogP contribution < -0.4 is 10.0 Å². The Morgan fingerprint density at radius 2 is 1.78 bits per heavy atom. The summed E-state index contributed by atoms with van der Waals surface area (Å²) >= 11 is 1.25. The van der Waals surface area contributed by atoms with Gasteiger partial charge in [0, 0.05) is 23.8 Å². The van der Waals surface area contributed by atoms with Crippen molar-refractivity contribution in [3.63, 3.8) is 0 Å². The standard InChI is InChI=1S/C25H26N6O3S2/c1-17(35-24-19(16-26)15-18-7-4-2-3-5-8-22(18)30-24)23(32)29-20-9-11-21(12-10-20)36(33,34)31-25-27-13-6-14-28-25/h6,9-15,17H,2-5,7-8H2,1H3,(H,29,32)(H,27,28,31). The third kappa shape index (κ3) is 6.38. The van der Waals surface area contributed by atoms with Gasteiger partial charge in [-0.3, -0.25) is 4.79 Å². The van der Waals surface area contributed by atoms with Gasteiger partial charge in [-0.1, -0.05) is 24.6 Å². The number of aromatic nitrogens is 3. The van der Waals surface area contributed by atoms with E-state index in [0.29, 0.717) is 16.3 Å². The lowest BCUT2D eigenvalue weighted by atomic mass is 9.96. The van der Waals surface area contributed by atoms with Crippen LogP contribution >= 0.6 is 11.8 Å². The summed E-state index contributed by atoms with van der Waals surface area (Å²) in [6.07, 6.45) is 9.23. The Labute approximate surface area is 214 Å². The van der Waals surface area contributed by atoms with Crippen molar-refractivity contribution in [2.75, 3.05) is 10.0 Å². The van der Waals surface area contributed by atoms with E-state index in [4.69, 9.17) is 4.98 Å². The number of carbonyl (C=O) groups excluding carboxylic acids is 1. The van der Waals surface area contributed by atoms with Crippen LogP contribution in [-0.4, -0.2) is 34.5 Å². The van der Waals surface area contributed by atoms with Crippen molar-refractivity contribution in [1.29, 1.82) is 5.26 Å². The van der Waals surface area contributed by atoms with Crippen LogP contribution in [0.4, 0.5) is 11.6 Å². The second kappa shape index (κ2) is 11.5. The zero-order chi connectivity index (χ0) is 25.5. The maximum absolute atomic E-state index is 12.8. The Kier molecular flexibility index (Phi) is 8.18. The van der Waals surface area contributed by atoms with Gasteiger partial charge in [-0.2, -0.15) is 5.26 Å². The van der Waals surface area contributed by atoms with Crippen molar-refractivity contribution in [2.24, 2.45) is 0 Å². The van der Waals surface area contributed by atoms with E-state index >= 15 is 0 Å². The third-order valence-electron chi connectivity index (χ3n) is 5.77. The first-order valence-corrected chi connectivity index (χ1v) is 14.0. The molecule has 2 heterocycles. The van der Waals surface area contributed by atoms with Crippen LogP contribution in [0.5, 0.6) is 0 Å². The van der Waals surface area contributed by atoms with Crippen LogP contribution in [0.25, 0.3) is 0 Å². The summed E-state index contributed by atoms with van der Waals surface area (Å²) in [7, 11) is -3.87. The molecule has 1 amide bonds. The van der Waals surface area contributed by atoms with Crippen LogP contribution in [0.3, 0.4) is 0 Å². The molecule has 1 unspecified atom stereocenters.